The molecule has 0 radical (unpaired) electrons. The molecule has 30 heavy (non-hydrogen) atoms. The summed E-state index contributed by atoms with van der Waals surface area (Å²) in [6.45, 7) is 4.53. The van der Waals surface area contributed by atoms with Crippen molar-refractivity contribution in [1.29, 1.82) is 0 Å². The maximum absolute atomic E-state index is 13.5. The summed E-state index contributed by atoms with van der Waals surface area (Å²) in [6.07, 6.45) is 1.39. The molecule has 0 atom stereocenters. The van der Waals surface area contributed by atoms with Crippen molar-refractivity contribution >= 4 is 5.91 Å². The minimum atomic E-state index is -0.497. The van der Waals surface area contributed by atoms with Crippen LogP contribution in [0.15, 0.2) is 60.7 Å². The maximum Gasteiger partial charge on any atom is 0.272 e. The Labute approximate surface area is 176 Å². The SMILES string of the molecule is Cc1cccc(-n2nc(-c3ccccc3)cc2C(=O)N2CCC3(CC2)OCCO3)c1. The minimum absolute atomic E-state index is 0.0148. The lowest BCUT2D eigenvalue weighted by Gasteiger charge is -2.37. The number of aromatic nitrogens is 2. The summed E-state index contributed by atoms with van der Waals surface area (Å²) < 4.78 is 13.4. The van der Waals surface area contributed by atoms with Gasteiger partial charge in [-0.1, -0.05) is 42.5 Å². The van der Waals surface area contributed by atoms with Crippen LogP contribution in [0, 0.1) is 6.92 Å². The highest BCUT2D eigenvalue weighted by Gasteiger charge is 2.41. The van der Waals surface area contributed by atoms with Crippen LogP contribution in [0.1, 0.15) is 28.9 Å². The van der Waals surface area contributed by atoms with Crippen LogP contribution >= 0.6 is 0 Å². The van der Waals surface area contributed by atoms with Gasteiger partial charge in [-0.15, -0.1) is 0 Å². The number of piperidine rings is 1. The number of hydrogen-bond donors (Lipinski definition) is 0. The molecule has 154 valence electrons. The molecule has 2 fully saturated rings. The van der Waals surface area contributed by atoms with E-state index in [2.05, 4.69) is 0 Å². The van der Waals surface area contributed by atoms with Crippen molar-refractivity contribution in [2.45, 2.75) is 25.6 Å². The van der Waals surface area contributed by atoms with Gasteiger partial charge in [-0.3, -0.25) is 4.79 Å². The number of hydrogen-bond acceptors (Lipinski definition) is 4. The summed E-state index contributed by atoms with van der Waals surface area (Å²) >= 11 is 0. The Balaban J connectivity index is 1.48. The Morgan fingerprint density at radius 1 is 0.967 bits per heavy atom. The fourth-order valence-corrected chi connectivity index (χ4v) is 4.24. The Hall–Kier alpha value is -2.96. The molecule has 2 aromatic carbocycles. The highest BCUT2D eigenvalue weighted by atomic mass is 16.7. The van der Waals surface area contributed by atoms with Crippen LogP contribution < -0.4 is 0 Å². The minimum Gasteiger partial charge on any atom is -0.347 e. The van der Waals surface area contributed by atoms with Crippen LogP contribution in [0.3, 0.4) is 0 Å². The Morgan fingerprint density at radius 2 is 1.70 bits per heavy atom. The lowest BCUT2D eigenvalue weighted by molar-refractivity contribution is -0.181. The highest BCUT2D eigenvalue weighted by Crippen LogP contribution is 2.32. The van der Waals surface area contributed by atoms with Gasteiger partial charge in [0.1, 0.15) is 5.69 Å². The second-order valence-corrected chi connectivity index (χ2v) is 7.93. The molecule has 0 saturated carbocycles. The number of benzene rings is 2. The lowest BCUT2D eigenvalue weighted by Crippen LogP contribution is -2.47. The zero-order chi connectivity index (χ0) is 20.6. The number of rotatable bonds is 3. The van der Waals surface area contributed by atoms with E-state index in [0.717, 1.165) is 22.5 Å². The number of aryl methyl sites for hydroxylation is 1. The Kier molecular flexibility index (Phi) is 4.89. The van der Waals surface area contributed by atoms with Crippen LogP contribution in [0.2, 0.25) is 0 Å². The van der Waals surface area contributed by atoms with E-state index in [9.17, 15) is 4.79 Å². The normalized spacial score (nSPS) is 18.1. The molecule has 3 aromatic rings. The standard InChI is InChI=1S/C24H25N3O3/c1-18-6-5-9-20(16-18)27-22(17-21(25-27)19-7-3-2-4-8-19)23(28)26-12-10-24(11-13-26)29-14-15-30-24/h2-9,16-17H,10-15H2,1H3. The topological polar surface area (TPSA) is 56.6 Å². The van der Waals surface area contributed by atoms with Gasteiger partial charge >= 0.3 is 0 Å². The van der Waals surface area contributed by atoms with Crippen LogP contribution in [0.25, 0.3) is 16.9 Å². The van der Waals surface area contributed by atoms with E-state index in [1.807, 2.05) is 72.5 Å². The van der Waals surface area contributed by atoms with Gasteiger partial charge in [-0.25, -0.2) is 4.68 Å². The monoisotopic (exact) mass is 403 g/mol. The molecular formula is C24H25N3O3. The van der Waals surface area contributed by atoms with E-state index in [4.69, 9.17) is 14.6 Å². The van der Waals surface area contributed by atoms with Crippen molar-refractivity contribution in [2.75, 3.05) is 26.3 Å². The van der Waals surface area contributed by atoms with Gasteiger partial charge in [-0.2, -0.15) is 5.10 Å². The van der Waals surface area contributed by atoms with E-state index < -0.39 is 5.79 Å². The van der Waals surface area contributed by atoms with Crippen LogP contribution in [-0.4, -0.2) is 52.7 Å². The first-order valence-electron chi connectivity index (χ1n) is 10.4. The Morgan fingerprint density at radius 3 is 2.40 bits per heavy atom. The zero-order valence-corrected chi connectivity index (χ0v) is 17.1. The third kappa shape index (κ3) is 3.53. The Bertz CT molecular complexity index is 1040. The van der Waals surface area contributed by atoms with Crippen LogP contribution in [0.5, 0.6) is 0 Å². The van der Waals surface area contributed by atoms with Gasteiger partial charge < -0.3 is 14.4 Å². The first-order valence-corrected chi connectivity index (χ1v) is 10.4. The van der Waals surface area contributed by atoms with Gasteiger partial charge in [0, 0.05) is 31.5 Å². The van der Waals surface area contributed by atoms with E-state index in [0.29, 0.717) is 44.8 Å². The molecule has 2 aliphatic rings. The number of carbonyl (C=O) groups is 1. The smallest absolute Gasteiger partial charge is 0.272 e. The van der Waals surface area contributed by atoms with Crippen LogP contribution in [-0.2, 0) is 9.47 Å². The van der Waals surface area contributed by atoms with Crippen molar-refractivity contribution in [1.82, 2.24) is 14.7 Å². The molecule has 2 aliphatic heterocycles. The van der Waals surface area contributed by atoms with Crippen molar-refractivity contribution in [3.63, 3.8) is 0 Å². The van der Waals surface area contributed by atoms with Gasteiger partial charge in [0.15, 0.2) is 5.79 Å². The molecule has 6 nitrogen and oxygen atoms in total. The molecule has 0 N–H and O–H groups in total. The highest BCUT2D eigenvalue weighted by molar-refractivity contribution is 5.94. The largest absolute Gasteiger partial charge is 0.347 e. The average molecular weight is 403 g/mol. The van der Waals surface area contributed by atoms with Crippen molar-refractivity contribution < 1.29 is 14.3 Å². The molecule has 3 heterocycles. The quantitative estimate of drug-likeness (QED) is 0.667. The van der Waals surface area contributed by atoms with Gasteiger partial charge in [0.25, 0.3) is 5.91 Å². The molecule has 1 spiro atoms. The number of carbonyl (C=O) groups excluding carboxylic acids is 1. The average Bonchev–Trinajstić information content (AvgIpc) is 3.42. The van der Waals surface area contributed by atoms with Crippen molar-refractivity contribution in [3.05, 3.63) is 71.9 Å². The van der Waals surface area contributed by atoms with Crippen molar-refractivity contribution in [3.8, 4) is 16.9 Å². The molecular weight excluding hydrogens is 378 g/mol. The molecule has 1 amide bonds. The van der Waals surface area contributed by atoms with E-state index >= 15 is 0 Å². The first kappa shape index (κ1) is 19.0. The second kappa shape index (κ2) is 7.70. The summed E-state index contributed by atoms with van der Waals surface area (Å²) in [4.78, 5) is 15.4. The first-order chi connectivity index (χ1) is 14.6. The summed E-state index contributed by atoms with van der Waals surface area (Å²) in [5.41, 5.74) is 4.36. The summed E-state index contributed by atoms with van der Waals surface area (Å²) in [6, 6.07) is 19.9. The molecule has 0 bridgehead atoms. The second-order valence-electron chi connectivity index (χ2n) is 7.93. The van der Waals surface area contributed by atoms with E-state index in [1.54, 1.807) is 4.68 Å². The van der Waals surface area contributed by atoms with Crippen LogP contribution in [0.4, 0.5) is 0 Å². The van der Waals surface area contributed by atoms with E-state index in [-0.39, 0.29) is 5.91 Å². The summed E-state index contributed by atoms with van der Waals surface area (Å²) in [5.74, 6) is -0.512. The third-order valence-corrected chi connectivity index (χ3v) is 5.87. The zero-order valence-electron chi connectivity index (χ0n) is 17.1. The van der Waals surface area contributed by atoms with E-state index in [1.165, 1.54) is 0 Å². The predicted molar refractivity (Wildman–Crippen MR) is 114 cm³/mol. The third-order valence-electron chi connectivity index (χ3n) is 5.87. The molecule has 0 unspecified atom stereocenters. The fourth-order valence-electron chi connectivity index (χ4n) is 4.24. The molecule has 1 aromatic heterocycles. The molecule has 5 rings (SSSR count). The molecule has 2 saturated heterocycles. The number of nitrogens with zero attached hydrogens (tertiary/aromatic N) is 3. The van der Waals surface area contributed by atoms with Gasteiger partial charge in [0.2, 0.25) is 0 Å². The fraction of sp³-hybridized carbons (Fsp3) is 0.333. The van der Waals surface area contributed by atoms with Gasteiger partial charge in [-0.05, 0) is 30.7 Å². The predicted octanol–water partition coefficient (Wildman–Crippen LogP) is 3.83. The van der Waals surface area contributed by atoms with Crippen molar-refractivity contribution in [2.24, 2.45) is 0 Å². The summed E-state index contributed by atoms with van der Waals surface area (Å²) in [5, 5.41) is 4.80. The number of ether oxygens (including phenoxy) is 2. The van der Waals surface area contributed by atoms with Gasteiger partial charge in [0.05, 0.1) is 24.6 Å². The number of amides is 1. The maximum atomic E-state index is 13.5. The molecule has 6 heteroatoms. The summed E-state index contributed by atoms with van der Waals surface area (Å²) in [7, 11) is 0. The number of likely N-dealkylation sites (tertiary alicyclic amines) is 1. The lowest BCUT2D eigenvalue weighted by atomic mass is 10.0. The molecule has 0 aliphatic carbocycles.